The number of aromatic nitrogens is 5. The van der Waals surface area contributed by atoms with Crippen molar-refractivity contribution in [2.75, 3.05) is 25.1 Å². The van der Waals surface area contributed by atoms with E-state index in [0.717, 1.165) is 73.4 Å². The highest BCUT2D eigenvalue weighted by molar-refractivity contribution is 5.96. The summed E-state index contributed by atoms with van der Waals surface area (Å²) in [4.78, 5) is 21.8. The predicted octanol–water partition coefficient (Wildman–Crippen LogP) is 4.58. The highest BCUT2D eigenvalue weighted by Crippen LogP contribution is 2.30. The van der Waals surface area contributed by atoms with Crippen LogP contribution < -0.4 is 15.4 Å². The Bertz CT molecular complexity index is 1530. The van der Waals surface area contributed by atoms with Crippen molar-refractivity contribution in [2.45, 2.75) is 72.0 Å². The molecule has 0 aliphatic carbocycles. The van der Waals surface area contributed by atoms with Crippen LogP contribution in [0.4, 0.5) is 5.69 Å². The first-order valence-corrected chi connectivity index (χ1v) is 15.0. The predicted molar refractivity (Wildman–Crippen MR) is 168 cm³/mol. The lowest BCUT2D eigenvalue weighted by atomic mass is 9.91. The zero-order chi connectivity index (χ0) is 30.5. The fourth-order valence-corrected chi connectivity index (χ4v) is 6.40. The molecule has 2 N–H and O–H groups in total. The van der Waals surface area contributed by atoms with Gasteiger partial charge in [-0.1, -0.05) is 0 Å². The molecule has 1 fully saturated rings. The van der Waals surface area contributed by atoms with Crippen molar-refractivity contribution in [2.24, 2.45) is 5.73 Å². The summed E-state index contributed by atoms with van der Waals surface area (Å²) < 4.78 is 7.09. The lowest BCUT2D eigenvalue weighted by Crippen LogP contribution is -2.47. The van der Waals surface area contributed by atoms with Crippen LogP contribution in [0.1, 0.15) is 64.4 Å². The maximum Gasteiger partial charge on any atom is 0.249 e. The van der Waals surface area contributed by atoms with Crippen LogP contribution in [0.3, 0.4) is 0 Å². The summed E-state index contributed by atoms with van der Waals surface area (Å²) in [5, 5.41) is 11.8. The topological polar surface area (TPSA) is 115 Å². The maximum absolute atomic E-state index is 12.3. The van der Waals surface area contributed by atoms with Crippen molar-refractivity contribution in [3.63, 3.8) is 0 Å². The Labute approximate surface area is 253 Å². The molecule has 1 aliphatic rings. The summed E-state index contributed by atoms with van der Waals surface area (Å²) in [6.45, 7) is 11.2. The van der Waals surface area contributed by atoms with Crippen LogP contribution in [0.5, 0.6) is 5.75 Å². The Hall–Kier alpha value is -4.31. The van der Waals surface area contributed by atoms with Gasteiger partial charge in [-0.25, -0.2) is 4.68 Å². The van der Waals surface area contributed by atoms with Crippen LogP contribution in [-0.4, -0.2) is 68.3 Å². The Morgan fingerprint density at radius 1 is 1.12 bits per heavy atom. The number of likely N-dealkylation sites (tertiary alicyclic amines) is 1. The fraction of sp³-hybridized carbons (Fsp3) is 0.424. The van der Waals surface area contributed by atoms with E-state index >= 15 is 0 Å². The largest absolute Gasteiger partial charge is 0.497 e. The van der Waals surface area contributed by atoms with Gasteiger partial charge in [0.15, 0.2) is 0 Å². The highest BCUT2D eigenvalue weighted by Gasteiger charge is 2.28. The van der Waals surface area contributed by atoms with Gasteiger partial charge in [-0.15, -0.1) is 5.10 Å². The van der Waals surface area contributed by atoms with Crippen molar-refractivity contribution < 1.29 is 9.53 Å². The SMILES string of the molecule is COc1ccc(N(Cc2cnccc2C)C2CCN([C@H](C)CCc3c(-n4cnnn4)cc(C)c(C(N)=O)c3C)CC2)cc1. The van der Waals surface area contributed by atoms with Crippen LogP contribution in [0.25, 0.3) is 5.69 Å². The van der Waals surface area contributed by atoms with E-state index in [1.54, 1.807) is 18.1 Å². The number of primary amides is 1. The first-order chi connectivity index (χ1) is 20.8. The number of anilines is 1. The number of piperidine rings is 1. The second kappa shape index (κ2) is 13.3. The molecule has 1 aliphatic heterocycles. The lowest BCUT2D eigenvalue weighted by molar-refractivity contribution is 0.0999. The van der Waals surface area contributed by atoms with Gasteiger partial charge in [0.05, 0.1) is 12.8 Å². The van der Waals surface area contributed by atoms with Gasteiger partial charge in [-0.3, -0.25) is 9.78 Å². The molecule has 10 nitrogen and oxygen atoms in total. The Kier molecular flexibility index (Phi) is 9.35. The van der Waals surface area contributed by atoms with E-state index in [9.17, 15) is 4.79 Å². The van der Waals surface area contributed by atoms with Gasteiger partial charge in [0.25, 0.3) is 0 Å². The molecule has 226 valence electrons. The quantitative estimate of drug-likeness (QED) is 0.273. The van der Waals surface area contributed by atoms with Gasteiger partial charge in [-0.05, 0) is 128 Å². The smallest absolute Gasteiger partial charge is 0.249 e. The van der Waals surface area contributed by atoms with Gasteiger partial charge in [0.1, 0.15) is 12.1 Å². The third kappa shape index (κ3) is 6.69. The molecule has 5 rings (SSSR count). The van der Waals surface area contributed by atoms with Crippen LogP contribution >= 0.6 is 0 Å². The number of hydrogen-bond acceptors (Lipinski definition) is 8. The van der Waals surface area contributed by atoms with Crippen LogP contribution in [0, 0.1) is 20.8 Å². The minimum atomic E-state index is -0.405. The number of aryl methyl sites for hydroxylation is 2. The van der Waals surface area contributed by atoms with Crippen molar-refractivity contribution in [1.82, 2.24) is 30.1 Å². The summed E-state index contributed by atoms with van der Waals surface area (Å²) in [6, 6.07) is 13.2. The van der Waals surface area contributed by atoms with Gasteiger partial charge >= 0.3 is 0 Å². The van der Waals surface area contributed by atoms with Gasteiger partial charge in [0, 0.05) is 55.4 Å². The van der Waals surface area contributed by atoms with Crippen LogP contribution in [-0.2, 0) is 13.0 Å². The molecule has 0 bridgehead atoms. The molecule has 1 atom stereocenters. The molecular formula is C33H42N8O2. The van der Waals surface area contributed by atoms with E-state index in [1.165, 1.54) is 16.8 Å². The van der Waals surface area contributed by atoms with Crippen molar-refractivity contribution in [1.29, 1.82) is 0 Å². The van der Waals surface area contributed by atoms with Crippen LogP contribution in [0.2, 0.25) is 0 Å². The normalized spacial score (nSPS) is 14.9. The molecule has 43 heavy (non-hydrogen) atoms. The number of ether oxygens (including phenoxy) is 1. The molecule has 2 aromatic heterocycles. The van der Waals surface area contributed by atoms with Crippen molar-refractivity contribution in [3.8, 4) is 11.4 Å². The van der Waals surface area contributed by atoms with E-state index in [-0.39, 0.29) is 0 Å². The van der Waals surface area contributed by atoms with Gasteiger partial charge in [-0.2, -0.15) is 0 Å². The molecule has 0 unspecified atom stereocenters. The number of rotatable bonds is 11. The van der Waals surface area contributed by atoms with E-state index in [2.05, 4.69) is 62.4 Å². The molecule has 0 saturated carbocycles. The number of pyridine rings is 1. The number of carbonyl (C=O) groups is 1. The number of nitrogens with zero attached hydrogens (tertiary/aromatic N) is 7. The van der Waals surface area contributed by atoms with E-state index in [1.807, 2.05) is 44.4 Å². The summed E-state index contributed by atoms with van der Waals surface area (Å²) >= 11 is 0. The number of methoxy groups -OCH3 is 1. The van der Waals surface area contributed by atoms with Gasteiger partial charge < -0.3 is 20.3 Å². The molecule has 0 radical (unpaired) electrons. The fourth-order valence-electron chi connectivity index (χ4n) is 6.40. The third-order valence-corrected chi connectivity index (χ3v) is 8.99. The van der Waals surface area contributed by atoms with E-state index in [0.29, 0.717) is 17.6 Å². The first-order valence-electron chi connectivity index (χ1n) is 15.0. The zero-order valence-electron chi connectivity index (χ0n) is 25.8. The van der Waals surface area contributed by atoms with Crippen molar-refractivity contribution >= 4 is 11.6 Å². The lowest BCUT2D eigenvalue weighted by Gasteiger charge is -2.42. The second-order valence-corrected chi connectivity index (χ2v) is 11.6. The Morgan fingerprint density at radius 2 is 1.86 bits per heavy atom. The average Bonchev–Trinajstić information content (AvgIpc) is 3.55. The molecule has 3 heterocycles. The minimum Gasteiger partial charge on any atom is -0.497 e. The summed E-state index contributed by atoms with van der Waals surface area (Å²) in [5.41, 5.74) is 13.8. The highest BCUT2D eigenvalue weighted by atomic mass is 16.5. The molecular weight excluding hydrogens is 540 g/mol. The number of benzene rings is 2. The number of amides is 1. The molecule has 10 heteroatoms. The minimum absolute atomic E-state index is 0.371. The van der Waals surface area contributed by atoms with E-state index < -0.39 is 5.91 Å². The van der Waals surface area contributed by atoms with E-state index in [4.69, 9.17) is 10.5 Å². The monoisotopic (exact) mass is 582 g/mol. The second-order valence-electron chi connectivity index (χ2n) is 11.6. The number of nitrogens with two attached hydrogens (primary N) is 1. The standard InChI is InChI=1S/C33H42N8O2/c1-22-12-15-35-19-26(22)20-40(27-7-9-29(43-5)10-8-27)28-13-16-39(17-14-28)24(3)6-11-30-25(4)32(33(34)42)23(2)18-31(30)41-21-36-37-38-41/h7-10,12,15,18-19,21,24,28H,6,11,13-14,16-17,20H2,1-5H3,(H2,34,42)/t24-/m1/s1. The maximum atomic E-state index is 12.3. The van der Waals surface area contributed by atoms with Crippen molar-refractivity contribution in [3.05, 3.63) is 88.5 Å². The molecule has 1 saturated heterocycles. The Balaban J connectivity index is 1.29. The number of hydrogen-bond donors (Lipinski definition) is 1. The van der Waals surface area contributed by atoms with Gasteiger partial charge in [0.2, 0.25) is 5.91 Å². The molecule has 0 spiro atoms. The molecule has 4 aromatic rings. The molecule has 2 aromatic carbocycles. The first kappa shape index (κ1) is 30.2. The van der Waals surface area contributed by atoms with Crippen LogP contribution in [0.15, 0.2) is 55.1 Å². The zero-order valence-corrected chi connectivity index (χ0v) is 25.8. The number of tetrazole rings is 1. The Morgan fingerprint density at radius 3 is 2.49 bits per heavy atom. The molecule has 1 amide bonds. The summed E-state index contributed by atoms with van der Waals surface area (Å²) in [6.07, 6.45) is 9.32. The summed E-state index contributed by atoms with van der Waals surface area (Å²) in [7, 11) is 1.70. The average molecular weight is 583 g/mol. The summed E-state index contributed by atoms with van der Waals surface area (Å²) in [5.74, 6) is 0.456. The number of carbonyl (C=O) groups excluding carboxylic acids is 1. The third-order valence-electron chi connectivity index (χ3n) is 8.99.